The van der Waals surface area contributed by atoms with E-state index in [1.54, 1.807) is 6.33 Å². The molecule has 0 fully saturated rings. The van der Waals surface area contributed by atoms with Crippen molar-refractivity contribution in [1.82, 2.24) is 9.97 Å². The molecule has 0 spiro atoms. The molecule has 1 unspecified atom stereocenters. The first-order chi connectivity index (χ1) is 8.24. The van der Waals surface area contributed by atoms with Crippen molar-refractivity contribution in [2.75, 3.05) is 11.9 Å². The molecule has 1 aromatic carbocycles. The highest BCUT2D eigenvalue weighted by Gasteiger charge is 2.08. The van der Waals surface area contributed by atoms with E-state index in [1.807, 2.05) is 26.0 Å². The number of hydrogen-bond donors (Lipinski definition) is 2. The van der Waals surface area contributed by atoms with Gasteiger partial charge in [0.1, 0.15) is 12.1 Å². The van der Waals surface area contributed by atoms with E-state index >= 15 is 0 Å². The lowest BCUT2D eigenvalue weighted by atomic mass is 10.1. The molecule has 0 amide bonds. The van der Waals surface area contributed by atoms with Crippen LogP contribution in [0.1, 0.15) is 18.9 Å². The molecule has 90 valence electrons. The number of aryl methyl sites for hydroxylation is 1. The molecule has 2 rings (SSSR count). The van der Waals surface area contributed by atoms with Gasteiger partial charge in [0.2, 0.25) is 0 Å². The molecule has 0 aliphatic carbocycles. The fourth-order valence-corrected chi connectivity index (χ4v) is 1.76. The Morgan fingerprint density at radius 3 is 2.88 bits per heavy atom. The SMILES string of the molecule is CCC(CO)Nc1ncnc2ccc(C)cc12. The predicted octanol–water partition coefficient (Wildman–Crippen LogP) is 2.12. The first kappa shape index (κ1) is 11.8. The fraction of sp³-hybridized carbons (Fsp3) is 0.385. The van der Waals surface area contributed by atoms with Crippen molar-refractivity contribution in [3.05, 3.63) is 30.1 Å². The van der Waals surface area contributed by atoms with Crippen molar-refractivity contribution in [1.29, 1.82) is 0 Å². The highest BCUT2D eigenvalue weighted by molar-refractivity contribution is 5.89. The molecular formula is C13H17N3O. The summed E-state index contributed by atoms with van der Waals surface area (Å²) in [5, 5.41) is 13.5. The zero-order valence-corrected chi connectivity index (χ0v) is 10.1. The van der Waals surface area contributed by atoms with Crippen LogP contribution < -0.4 is 5.32 Å². The van der Waals surface area contributed by atoms with E-state index in [1.165, 1.54) is 5.56 Å². The molecule has 0 radical (unpaired) electrons. The van der Waals surface area contributed by atoms with Gasteiger partial charge >= 0.3 is 0 Å². The lowest BCUT2D eigenvalue weighted by Crippen LogP contribution is -2.23. The molecule has 17 heavy (non-hydrogen) atoms. The number of aliphatic hydroxyl groups is 1. The van der Waals surface area contributed by atoms with E-state index in [4.69, 9.17) is 0 Å². The highest BCUT2D eigenvalue weighted by atomic mass is 16.3. The number of nitrogens with zero attached hydrogens (tertiary/aromatic N) is 2. The number of aromatic nitrogens is 2. The molecule has 0 saturated heterocycles. The molecule has 1 atom stereocenters. The predicted molar refractivity (Wildman–Crippen MR) is 69.1 cm³/mol. The van der Waals surface area contributed by atoms with Crippen molar-refractivity contribution in [2.45, 2.75) is 26.3 Å². The van der Waals surface area contributed by atoms with Crippen molar-refractivity contribution < 1.29 is 5.11 Å². The van der Waals surface area contributed by atoms with Crippen LogP contribution in [0, 0.1) is 6.92 Å². The minimum absolute atomic E-state index is 0.0358. The zero-order chi connectivity index (χ0) is 12.3. The average molecular weight is 231 g/mol. The molecule has 0 aliphatic heterocycles. The maximum Gasteiger partial charge on any atom is 0.137 e. The second kappa shape index (κ2) is 5.10. The number of aliphatic hydroxyl groups excluding tert-OH is 1. The molecule has 1 aromatic heterocycles. The van der Waals surface area contributed by atoms with Gasteiger partial charge in [0.05, 0.1) is 18.2 Å². The summed E-state index contributed by atoms with van der Waals surface area (Å²) in [6.07, 6.45) is 2.40. The van der Waals surface area contributed by atoms with Crippen LogP contribution in [0.3, 0.4) is 0 Å². The number of rotatable bonds is 4. The van der Waals surface area contributed by atoms with Gasteiger partial charge in [-0.05, 0) is 25.5 Å². The van der Waals surface area contributed by atoms with Crippen LogP contribution in [0.5, 0.6) is 0 Å². The second-order valence-corrected chi connectivity index (χ2v) is 4.17. The normalized spacial score (nSPS) is 12.6. The zero-order valence-electron chi connectivity index (χ0n) is 10.1. The average Bonchev–Trinajstić information content (AvgIpc) is 2.36. The number of hydrogen-bond acceptors (Lipinski definition) is 4. The summed E-state index contributed by atoms with van der Waals surface area (Å²) in [5.74, 6) is 0.791. The summed E-state index contributed by atoms with van der Waals surface area (Å²) >= 11 is 0. The minimum atomic E-state index is 0.0358. The van der Waals surface area contributed by atoms with Gasteiger partial charge in [0.25, 0.3) is 0 Å². The largest absolute Gasteiger partial charge is 0.394 e. The Morgan fingerprint density at radius 1 is 1.35 bits per heavy atom. The summed E-state index contributed by atoms with van der Waals surface area (Å²) in [6.45, 7) is 4.18. The Morgan fingerprint density at radius 2 is 2.18 bits per heavy atom. The Hall–Kier alpha value is -1.68. The van der Waals surface area contributed by atoms with Gasteiger partial charge in [-0.25, -0.2) is 9.97 Å². The van der Waals surface area contributed by atoms with Crippen molar-refractivity contribution in [3.63, 3.8) is 0 Å². The Balaban J connectivity index is 2.42. The molecule has 4 heteroatoms. The monoisotopic (exact) mass is 231 g/mol. The topological polar surface area (TPSA) is 58.0 Å². The standard InChI is InChI=1S/C13H17N3O/c1-3-10(7-17)16-13-11-6-9(2)4-5-12(11)14-8-15-13/h4-6,8,10,17H,3,7H2,1-2H3,(H,14,15,16). The lowest BCUT2D eigenvalue weighted by Gasteiger charge is -2.15. The van der Waals surface area contributed by atoms with E-state index in [-0.39, 0.29) is 12.6 Å². The maximum atomic E-state index is 9.21. The molecule has 2 N–H and O–H groups in total. The summed E-state index contributed by atoms with van der Waals surface area (Å²) in [5.41, 5.74) is 2.09. The molecule has 0 aliphatic rings. The molecule has 0 saturated carbocycles. The second-order valence-electron chi connectivity index (χ2n) is 4.17. The maximum absolute atomic E-state index is 9.21. The fourth-order valence-electron chi connectivity index (χ4n) is 1.76. The Kier molecular flexibility index (Phi) is 3.54. The van der Waals surface area contributed by atoms with E-state index in [0.29, 0.717) is 0 Å². The van der Waals surface area contributed by atoms with E-state index in [9.17, 15) is 5.11 Å². The van der Waals surface area contributed by atoms with Crippen LogP contribution in [-0.2, 0) is 0 Å². The van der Waals surface area contributed by atoms with Crippen LogP contribution in [0.4, 0.5) is 5.82 Å². The van der Waals surface area contributed by atoms with Crippen LogP contribution in [0.2, 0.25) is 0 Å². The lowest BCUT2D eigenvalue weighted by molar-refractivity contribution is 0.271. The summed E-state index contributed by atoms with van der Waals surface area (Å²) in [4.78, 5) is 8.48. The molecule has 4 nitrogen and oxygen atoms in total. The van der Waals surface area contributed by atoms with Crippen molar-refractivity contribution >= 4 is 16.7 Å². The first-order valence-corrected chi connectivity index (χ1v) is 5.83. The Bertz CT molecular complexity index is 509. The van der Waals surface area contributed by atoms with Crippen LogP contribution in [0.15, 0.2) is 24.5 Å². The smallest absolute Gasteiger partial charge is 0.137 e. The number of nitrogens with one attached hydrogen (secondary N) is 1. The van der Waals surface area contributed by atoms with Crippen LogP contribution in [-0.4, -0.2) is 27.7 Å². The summed E-state index contributed by atoms with van der Waals surface area (Å²) < 4.78 is 0. The molecule has 2 aromatic rings. The van der Waals surface area contributed by atoms with Crippen molar-refractivity contribution in [2.24, 2.45) is 0 Å². The number of anilines is 1. The van der Waals surface area contributed by atoms with E-state index < -0.39 is 0 Å². The van der Waals surface area contributed by atoms with Crippen LogP contribution >= 0.6 is 0 Å². The third-order valence-corrected chi connectivity index (χ3v) is 2.84. The van der Waals surface area contributed by atoms with Gasteiger partial charge in [-0.3, -0.25) is 0 Å². The third-order valence-electron chi connectivity index (χ3n) is 2.84. The van der Waals surface area contributed by atoms with E-state index in [2.05, 4.69) is 21.4 Å². The van der Waals surface area contributed by atoms with Gasteiger partial charge in [-0.2, -0.15) is 0 Å². The van der Waals surface area contributed by atoms with Gasteiger partial charge in [0, 0.05) is 5.39 Å². The molecule has 1 heterocycles. The first-order valence-electron chi connectivity index (χ1n) is 5.83. The number of benzene rings is 1. The van der Waals surface area contributed by atoms with Crippen LogP contribution in [0.25, 0.3) is 10.9 Å². The van der Waals surface area contributed by atoms with Gasteiger partial charge < -0.3 is 10.4 Å². The minimum Gasteiger partial charge on any atom is -0.394 e. The van der Waals surface area contributed by atoms with Crippen molar-refractivity contribution in [3.8, 4) is 0 Å². The van der Waals surface area contributed by atoms with Gasteiger partial charge in [-0.15, -0.1) is 0 Å². The van der Waals surface area contributed by atoms with E-state index in [0.717, 1.165) is 23.1 Å². The highest BCUT2D eigenvalue weighted by Crippen LogP contribution is 2.21. The Labute approximate surface area is 101 Å². The summed E-state index contributed by atoms with van der Waals surface area (Å²) in [6, 6.07) is 6.11. The number of fused-ring (bicyclic) bond motifs is 1. The van der Waals surface area contributed by atoms with Gasteiger partial charge in [0.15, 0.2) is 0 Å². The van der Waals surface area contributed by atoms with Gasteiger partial charge in [-0.1, -0.05) is 18.6 Å². The molecular weight excluding hydrogens is 214 g/mol. The quantitative estimate of drug-likeness (QED) is 0.846. The summed E-state index contributed by atoms with van der Waals surface area (Å²) in [7, 11) is 0. The third kappa shape index (κ3) is 2.53. The molecule has 0 bridgehead atoms.